The van der Waals surface area contributed by atoms with Gasteiger partial charge in [0.2, 0.25) is 0 Å². The van der Waals surface area contributed by atoms with Crippen molar-refractivity contribution >= 4 is 11.8 Å². The van der Waals surface area contributed by atoms with Gasteiger partial charge in [0, 0.05) is 12.4 Å². The molecule has 0 spiro atoms. The summed E-state index contributed by atoms with van der Waals surface area (Å²) in [6.45, 7) is 3.08. The summed E-state index contributed by atoms with van der Waals surface area (Å²) in [4.78, 5) is 8.34. The molecule has 1 aliphatic rings. The van der Waals surface area contributed by atoms with Gasteiger partial charge in [0.05, 0.1) is 12.3 Å². The Morgan fingerprint density at radius 1 is 1.55 bits per heavy atom. The van der Waals surface area contributed by atoms with Crippen LogP contribution in [0.25, 0.3) is 0 Å². The number of hydrogen-bond acceptors (Lipinski definition) is 5. The zero-order valence-electron chi connectivity index (χ0n) is 12.0. The number of nitriles is 1. The minimum absolute atomic E-state index is 0.293. The molecule has 4 nitrogen and oxygen atoms in total. The third-order valence-corrected chi connectivity index (χ3v) is 4.91. The standard InChI is InChI=1S/C15H22N4S/c1-2-7-19-15(12-16)6-3-4-13(15)5-10-20-14-11-17-8-9-18-14/h8-9,11,13,19H,2-7,10H2,1H3. The fraction of sp³-hybridized carbons (Fsp3) is 0.667. The van der Waals surface area contributed by atoms with Gasteiger partial charge < -0.3 is 0 Å². The summed E-state index contributed by atoms with van der Waals surface area (Å²) in [7, 11) is 0. The third kappa shape index (κ3) is 3.71. The molecule has 1 aromatic heterocycles. The Morgan fingerprint density at radius 2 is 2.45 bits per heavy atom. The van der Waals surface area contributed by atoms with Gasteiger partial charge in [-0.1, -0.05) is 13.3 Å². The van der Waals surface area contributed by atoms with Crippen LogP contribution in [0.5, 0.6) is 0 Å². The van der Waals surface area contributed by atoms with Crippen molar-refractivity contribution in [3.63, 3.8) is 0 Å². The van der Waals surface area contributed by atoms with Crippen LogP contribution in [0.4, 0.5) is 0 Å². The minimum atomic E-state index is -0.293. The lowest BCUT2D eigenvalue weighted by Gasteiger charge is -2.29. The molecule has 1 fully saturated rings. The average Bonchev–Trinajstić information content (AvgIpc) is 2.90. The van der Waals surface area contributed by atoms with Gasteiger partial charge in [0.15, 0.2) is 0 Å². The van der Waals surface area contributed by atoms with Crippen molar-refractivity contribution in [2.24, 2.45) is 5.92 Å². The molecular formula is C15H22N4S. The van der Waals surface area contributed by atoms with Crippen molar-refractivity contribution in [2.45, 2.75) is 49.6 Å². The highest BCUT2D eigenvalue weighted by Crippen LogP contribution is 2.38. The van der Waals surface area contributed by atoms with E-state index < -0.39 is 0 Å². The van der Waals surface area contributed by atoms with Crippen LogP contribution in [0, 0.1) is 17.2 Å². The minimum Gasteiger partial charge on any atom is -0.299 e. The number of rotatable bonds is 7. The van der Waals surface area contributed by atoms with Crippen LogP contribution in [-0.2, 0) is 0 Å². The zero-order valence-corrected chi connectivity index (χ0v) is 12.8. The summed E-state index contributed by atoms with van der Waals surface area (Å²) in [5.41, 5.74) is -0.293. The van der Waals surface area contributed by atoms with Crippen LogP contribution in [0.1, 0.15) is 39.0 Å². The van der Waals surface area contributed by atoms with Crippen LogP contribution < -0.4 is 5.32 Å². The van der Waals surface area contributed by atoms with Crippen molar-refractivity contribution in [3.05, 3.63) is 18.6 Å². The van der Waals surface area contributed by atoms with E-state index in [1.54, 1.807) is 30.4 Å². The summed E-state index contributed by atoms with van der Waals surface area (Å²) >= 11 is 1.73. The molecule has 2 unspecified atom stereocenters. The summed E-state index contributed by atoms with van der Waals surface area (Å²) < 4.78 is 0. The Bertz CT molecular complexity index is 445. The lowest BCUT2D eigenvalue weighted by atomic mass is 9.86. The van der Waals surface area contributed by atoms with E-state index in [2.05, 4.69) is 28.3 Å². The van der Waals surface area contributed by atoms with Crippen molar-refractivity contribution in [1.29, 1.82) is 5.26 Å². The zero-order chi connectivity index (χ0) is 14.3. The lowest BCUT2D eigenvalue weighted by Crippen LogP contribution is -2.47. The van der Waals surface area contributed by atoms with Gasteiger partial charge in [-0.3, -0.25) is 10.3 Å². The Hall–Kier alpha value is -1.12. The molecule has 0 aliphatic heterocycles. The molecule has 1 aliphatic carbocycles. The Morgan fingerprint density at radius 3 is 3.15 bits per heavy atom. The Balaban J connectivity index is 1.86. The van der Waals surface area contributed by atoms with Crippen molar-refractivity contribution in [2.75, 3.05) is 12.3 Å². The fourth-order valence-corrected chi connectivity index (χ4v) is 3.78. The van der Waals surface area contributed by atoms with Crippen LogP contribution in [0.3, 0.4) is 0 Å². The first-order valence-electron chi connectivity index (χ1n) is 7.36. The highest BCUT2D eigenvalue weighted by Gasteiger charge is 2.42. The van der Waals surface area contributed by atoms with E-state index in [0.29, 0.717) is 5.92 Å². The quantitative estimate of drug-likeness (QED) is 0.782. The van der Waals surface area contributed by atoms with Crippen LogP contribution in [-0.4, -0.2) is 27.8 Å². The molecule has 0 radical (unpaired) electrons. The molecule has 2 rings (SSSR count). The van der Waals surface area contributed by atoms with Gasteiger partial charge >= 0.3 is 0 Å². The van der Waals surface area contributed by atoms with E-state index in [0.717, 1.165) is 49.4 Å². The molecule has 1 saturated carbocycles. The van der Waals surface area contributed by atoms with E-state index in [1.165, 1.54) is 0 Å². The fourth-order valence-electron chi connectivity index (χ4n) is 2.90. The first kappa shape index (κ1) is 15.3. The second-order valence-corrected chi connectivity index (χ2v) is 6.40. The molecule has 20 heavy (non-hydrogen) atoms. The van der Waals surface area contributed by atoms with Gasteiger partial charge in [-0.05, 0) is 43.9 Å². The molecular weight excluding hydrogens is 268 g/mol. The largest absolute Gasteiger partial charge is 0.299 e. The normalized spacial score (nSPS) is 25.5. The molecule has 0 bridgehead atoms. The molecule has 5 heteroatoms. The number of aromatic nitrogens is 2. The molecule has 108 valence electrons. The summed E-state index contributed by atoms with van der Waals surface area (Å²) in [6.07, 6.45) is 10.7. The lowest BCUT2D eigenvalue weighted by molar-refractivity contribution is 0.311. The van der Waals surface area contributed by atoms with Crippen LogP contribution in [0.15, 0.2) is 23.6 Å². The molecule has 2 atom stereocenters. The number of thioether (sulfide) groups is 1. The molecule has 1 N–H and O–H groups in total. The maximum absolute atomic E-state index is 9.59. The number of nitrogens with zero attached hydrogens (tertiary/aromatic N) is 3. The molecule has 1 heterocycles. The second-order valence-electron chi connectivity index (χ2n) is 5.28. The van der Waals surface area contributed by atoms with Gasteiger partial charge in [-0.2, -0.15) is 5.26 Å². The highest BCUT2D eigenvalue weighted by molar-refractivity contribution is 7.99. The third-order valence-electron chi connectivity index (χ3n) is 3.97. The van der Waals surface area contributed by atoms with E-state index in [-0.39, 0.29) is 5.54 Å². The SMILES string of the molecule is CCCNC1(C#N)CCCC1CCSc1cnccn1. The first-order chi connectivity index (χ1) is 9.80. The second kappa shape index (κ2) is 7.61. The van der Waals surface area contributed by atoms with E-state index in [4.69, 9.17) is 0 Å². The predicted molar refractivity (Wildman–Crippen MR) is 81.4 cm³/mol. The van der Waals surface area contributed by atoms with Gasteiger partial charge in [-0.25, -0.2) is 4.98 Å². The number of nitrogens with one attached hydrogen (secondary N) is 1. The predicted octanol–water partition coefficient (Wildman–Crippen LogP) is 3.02. The maximum atomic E-state index is 9.59. The van der Waals surface area contributed by atoms with Gasteiger partial charge in [0.25, 0.3) is 0 Å². The molecule has 1 aromatic rings. The van der Waals surface area contributed by atoms with Crippen LogP contribution in [0.2, 0.25) is 0 Å². The smallest absolute Gasteiger partial charge is 0.114 e. The monoisotopic (exact) mass is 290 g/mol. The summed E-state index contributed by atoms with van der Waals surface area (Å²) in [5.74, 6) is 1.46. The maximum Gasteiger partial charge on any atom is 0.114 e. The van der Waals surface area contributed by atoms with Crippen molar-refractivity contribution in [1.82, 2.24) is 15.3 Å². The van der Waals surface area contributed by atoms with E-state index >= 15 is 0 Å². The highest BCUT2D eigenvalue weighted by atomic mass is 32.2. The van der Waals surface area contributed by atoms with Crippen molar-refractivity contribution < 1.29 is 0 Å². The van der Waals surface area contributed by atoms with Gasteiger partial charge in [-0.15, -0.1) is 11.8 Å². The van der Waals surface area contributed by atoms with Crippen LogP contribution >= 0.6 is 11.8 Å². The van der Waals surface area contributed by atoms with Gasteiger partial charge in [0.1, 0.15) is 10.6 Å². The Labute approximate surface area is 125 Å². The molecule has 0 saturated heterocycles. The average molecular weight is 290 g/mol. The number of hydrogen-bond donors (Lipinski definition) is 1. The summed E-state index contributed by atoms with van der Waals surface area (Å²) in [5, 5.41) is 14.1. The first-order valence-corrected chi connectivity index (χ1v) is 8.34. The topological polar surface area (TPSA) is 61.6 Å². The Kier molecular flexibility index (Phi) is 5.81. The van der Waals surface area contributed by atoms with E-state index in [1.807, 2.05) is 0 Å². The molecule has 0 amide bonds. The summed E-state index contributed by atoms with van der Waals surface area (Å²) in [6, 6.07) is 2.56. The molecule has 0 aromatic carbocycles. The van der Waals surface area contributed by atoms with E-state index in [9.17, 15) is 5.26 Å². The van der Waals surface area contributed by atoms with Crippen molar-refractivity contribution in [3.8, 4) is 6.07 Å².